The average Bonchev–Trinajstić information content (AvgIpc) is 3.38. The monoisotopic (exact) mass is 352 g/mol. The number of fused-ring (bicyclic) bond motifs is 2. The number of benzene rings is 1. The molecule has 132 valence electrons. The van der Waals surface area contributed by atoms with Gasteiger partial charge in [0.15, 0.2) is 12.0 Å². The fraction of sp³-hybridized carbons (Fsp3) is 0.333. The number of halogens is 1. The first kappa shape index (κ1) is 15.2. The molecule has 0 bridgehead atoms. The first-order chi connectivity index (χ1) is 12.7. The Balaban J connectivity index is 1.50. The molecule has 26 heavy (non-hydrogen) atoms. The van der Waals surface area contributed by atoms with E-state index >= 15 is 0 Å². The van der Waals surface area contributed by atoms with Gasteiger partial charge in [-0.05, 0) is 12.0 Å². The number of alkyl halides is 1. The lowest BCUT2D eigenvalue weighted by Gasteiger charge is -2.26. The van der Waals surface area contributed by atoms with E-state index in [0.29, 0.717) is 13.0 Å². The lowest BCUT2D eigenvalue weighted by Crippen LogP contribution is -2.38. The molecule has 2 aromatic heterocycles. The SMILES string of the molecule is O=C(c1nc2n(n1)[C@H](c1ccccc1)C[C@@H]2F)N1CCCn2nccc21. The minimum Gasteiger partial charge on any atom is -0.290 e. The normalized spacial score (nSPS) is 21.5. The standard InChI is InChI=1S/C18H17FN6O/c19-13-11-14(12-5-2-1-3-6-12)25-17(13)21-16(22-25)18(26)23-9-4-10-24-15(23)7-8-20-24/h1-3,5-8,13-14H,4,9-11H2/t13-,14-/m0/s1. The zero-order chi connectivity index (χ0) is 17.7. The second-order valence-electron chi connectivity index (χ2n) is 6.59. The molecule has 0 aliphatic carbocycles. The molecule has 5 rings (SSSR count). The van der Waals surface area contributed by atoms with Crippen LogP contribution in [0.25, 0.3) is 0 Å². The third-order valence-corrected chi connectivity index (χ3v) is 5.01. The molecule has 3 aromatic rings. The van der Waals surface area contributed by atoms with Crippen LogP contribution in [-0.2, 0) is 6.54 Å². The van der Waals surface area contributed by atoms with E-state index in [-0.39, 0.29) is 23.6 Å². The Morgan fingerprint density at radius 2 is 2.00 bits per heavy atom. The summed E-state index contributed by atoms with van der Waals surface area (Å²) in [5, 5.41) is 8.59. The van der Waals surface area contributed by atoms with Crippen molar-refractivity contribution in [3.63, 3.8) is 0 Å². The summed E-state index contributed by atoms with van der Waals surface area (Å²) in [4.78, 5) is 18.8. The predicted octanol–water partition coefficient (Wildman–Crippen LogP) is 2.53. The van der Waals surface area contributed by atoms with E-state index in [4.69, 9.17) is 0 Å². The van der Waals surface area contributed by atoms with Crippen LogP contribution in [0.3, 0.4) is 0 Å². The van der Waals surface area contributed by atoms with Crippen molar-refractivity contribution in [1.29, 1.82) is 0 Å². The molecule has 0 saturated carbocycles. The van der Waals surface area contributed by atoms with Gasteiger partial charge in [0.25, 0.3) is 5.91 Å². The highest BCUT2D eigenvalue weighted by molar-refractivity contribution is 6.03. The number of hydrogen-bond donors (Lipinski definition) is 0. The molecular weight excluding hydrogens is 335 g/mol. The van der Waals surface area contributed by atoms with Crippen molar-refractivity contribution in [3.8, 4) is 0 Å². The molecule has 1 amide bonds. The number of nitrogens with zero attached hydrogens (tertiary/aromatic N) is 6. The van der Waals surface area contributed by atoms with Crippen molar-refractivity contribution in [2.75, 3.05) is 11.4 Å². The summed E-state index contributed by atoms with van der Waals surface area (Å²) in [5.74, 6) is 0.686. The lowest BCUT2D eigenvalue weighted by molar-refractivity contribution is 0.0970. The summed E-state index contributed by atoms with van der Waals surface area (Å²) < 4.78 is 17.8. The van der Waals surface area contributed by atoms with E-state index in [2.05, 4.69) is 15.2 Å². The summed E-state index contributed by atoms with van der Waals surface area (Å²) in [6.45, 7) is 1.36. The van der Waals surface area contributed by atoms with Crippen LogP contribution in [0.5, 0.6) is 0 Å². The van der Waals surface area contributed by atoms with Crippen LogP contribution in [-0.4, -0.2) is 37.0 Å². The number of hydrogen-bond acceptors (Lipinski definition) is 4. The number of anilines is 1. The first-order valence-electron chi connectivity index (χ1n) is 8.71. The van der Waals surface area contributed by atoms with Crippen LogP contribution in [0, 0.1) is 0 Å². The highest BCUT2D eigenvalue weighted by Gasteiger charge is 2.37. The molecule has 4 heterocycles. The second-order valence-corrected chi connectivity index (χ2v) is 6.59. The third kappa shape index (κ3) is 2.25. The Bertz CT molecular complexity index is 965. The fourth-order valence-corrected chi connectivity index (χ4v) is 3.77. The van der Waals surface area contributed by atoms with Crippen molar-refractivity contribution in [1.82, 2.24) is 24.5 Å². The Kier molecular flexibility index (Phi) is 3.37. The Morgan fingerprint density at radius 1 is 1.15 bits per heavy atom. The maximum atomic E-state index is 14.5. The molecule has 0 spiro atoms. The number of carbonyl (C=O) groups excluding carboxylic acids is 1. The quantitative estimate of drug-likeness (QED) is 0.711. The predicted molar refractivity (Wildman–Crippen MR) is 91.6 cm³/mol. The van der Waals surface area contributed by atoms with Crippen LogP contribution < -0.4 is 4.90 Å². The van der Waals surface area contributed by atoms with Gasteiger partial charge in [-0.2, -0.15) is 5.10 Å². The third-order valence-electron chi connectivity index (χ3n) is 5.01. The smallest absolute Gasteiger partial charge is 0.290 e. The van der Waals surface area contributed by atoms with Crippen molar-refractivity contribution in [2.45, 2.75) is 31.6 Å². The van der Waals surface area contributed by atoms with E-state index in [1.165, 1.54) is 0 Å². The summed E-state index contributed by atoms with van der Waals surface area (Å²) in [6, 6.07) is 11.2. The summed E-state index contributed by atoms with van der Waals surface area (Å²) in [7, 11) is 0. The van der Waals surface area contributed by atoms with Crippen molar-refractivity contribution < 1.29 is 9.18 Å². The van der Waals surface area contributed by atoms with E-state index in [1.54, 1.807) is 26.5 Å². The molecule has 2 aliphatic heterocycles. The Hall–Kier alpha value is -3.03. The molecule has 0 saturated heterocycles. The summed E-state index contributed by atoms with van der Waals surface area (Å²) >= 11 is 0. The van der Waals surface area contributed by atoms with Crippen LogP contribution in [0.4, 0.5) is 10.2 Å². The van der Waals surface area contributed by atoms with E-state index in [1.807, 2.05) is 30.3 Å². The van der Waals surface area contributed by atoms with Crippen molar-refractivity contribution >= 4 is 11.7 Å². The van der Waals surface area contributed by atoms with Gasteiger partial charge in [-0.1, -0.05) is 30.3 Å². The molecule has 0 unspecified atom stereocenters. The van der Waals surface area contributed by atoms with Gasteiger partial charge in [0, 0.05) is 25.6 Å². The molecular formula is C18H17FN6O. The lowest BCUT2D eigenvalue weighted by atomic mass is 10.0. The van der Waals surface area contributed by atoms with Gasteiger partial charge in [-0.15, -0.1) is 5.10 Å². The van der Waals surface area contributed by atoms with E-state index in [9.17, 15) is 9.18 Å². The molecule has 0 radical (unpaired) electrons. The van der Waals surface area contributed by atoms with Gasteiger partial charge < -0.3 is 0 Å². The topological polar surface area (TPSA) is 68.8 Å². The first-order valence-corrected chi connectivity index (χ1v) is 8.71. The van der Waals surface area contributed by atoms with Gasteiger partial charge in [0.05, 0.1) is 12.2 Å². The maximum Gasteiger partial charge on any atom is 0.299 e. The van der Waals surface area contributed by atoms with E-state index < -0.39 is 6.17 Å². The number of rotatable bonds is 2. The number of aromatic nitrogens is 5. The van der Waals surface area contributed by atoms with Crippen LogP contribution in [0.2, 0.25) is 0 Å². The summed E-state index contributed by atoms with van der Waals surface area (Å²) in [5.41, 5.74) is 0.967. The molecule has 8 heteroatoms. The number of amides is 1. The number of aryl methyl sites for hydroxylation is 1. The fourth-order valence-electron chi connectivity index (χ4n) is 3.77. The molecule has 0 N–H and O–H groups in total. The average molecular weight is 352 g/mol. The van der Waals surface area contributed by atoms with Crippen LogP contribution in [0.1, 0.15) is 47.1 Å². The Morgan fingerprint density at radius 3 is 2.85 bits per heavy atom. The Labute approximate surface area is 149 Å². The highest BCUT2D eigenvalue weighted by atomic mass is 19.1. The molecule has 7 nitrogen and oxygen atoms in total. The van der Waals surface area contributed by atoms with Crippen molar-refractivity contribution in [3.05, 3.63) is 59.8 Å². The van der Waals surface area contributed by atoms with Gasteiger partial charge >= 0.3 is 0 Å². The molecule has 1 aromatic carbocycles. The van der Waals surface area contributed by atoms with Crippen LogP contribution >= 0.6 is 0 Å². The minimum atomic E-state index is -1.22. The van der Waals surface area contributed by atoms with E-state index in [0.717, 1.165) is 24.3 Å². The van der Waals surface area contributed by atoms with Crippen LogP contribution in [0.15, 0.2) is 42.6 Å². The highest BCUT2D eigenvalue weighted by Crippen LogP contribution is 2.39. The van der Waals surface area contributed by atoms with Gasteiger partial charge in [-0.3, -0.25) is 9.69 Å². The molecule has 0 fully saturated rings. The number of carbonyl (C=O) groups is 1. The maximum absolute atomic E-state index is 14.5. The molecule has 2 aliphatic rings. The van der Waals surface area contributed by atoms with Crippen molar-refractivity contribution in [2.24, 2.45) is 0 Å². The van der Waals surface area contributed by atoms with Gasteiger partial charge in [0.2, 0.25) is 5.82 Å². The zero-order valence-electron chi connectivity index (χ0n) is 14.0. The zero-order valence-corrected chi connectivity index (χ0v) is 14.0. The van der Waals surface area contributed by atoms with Gasteiger partial charge in [-0.25, -0.2) is 18.7 Å². The van der Waals surface area contributed by atoms with Gasteiger partial charge in [0.1, 0.15) is 5.82 Å². The molecule has 2 atom stereocenters. The summed E-state index contributed by atoms with van der Waals surface area (Å²) in [6.07, 6.45) is 1.56. The minimum absolute atomic E-state index is 0.0398. The largest absolute Gasteiger partial charge is 0.299 e. The second kappa shape index (κ2) is 5.76.